The molecule has 3 amide bonds. The van der Waals surface area contributed by atoms with Gasteiger partial charge in [-0.1, -0.05) is 31.9 Å². The lowest BCUT2D eigenvalue weighted by Gasteiger charge is -2.29. The number of carbonyl (C=O) groups excluding carboxylic acids is 3. The van der Waals surface area contributed by atoms with Crippen LogP contribution in [0.2, 0.25) is 0 Å². The van der Waals surface area contributed by atoms with Gasteiger partial charge in [0.15, 0.2) is 6.61 Å². The highest BCUT2D eigenvalue weighted by Crippen LogP contribution is 2.23. The van der Waals surface area contributed by atoms with Crippen molar-refractivity contribution in [3.8, 4) is 0 Å². The number of esters is 1. The number of nitrogens with one attached hydrogen (secondary N) is 2. The number of imide groups is 1. The summed E-state index contributed by atoms with van der Waals surface area (Å²) < 4.78 is 5.50. The lowest BCUT2D eigenvalue weighted by Crippen LogP contribution is -2.48. The Kier molecular flexibility index (Phi) is 6.78. The zero-order chi connectivity index (χ0) is 17.5. The lowest BCUT2D eigenvalue weighted by atomic mass is 9.86. The van der Waals surface area contributed by atoms with E-state index in [0.29, 0.717) is 16.0 Å². The topological polar surface area (TPSA) is 84.5 Å². The Morgan fingerprint density at radius 1 is 1.21 bits per heavy atom. The van der Waals surface area contributed by atoms with Crippen LogP contribution in [0, 0.1) is 5.92 Å². The standard InChI is InChI=1S/C17H21BrN2O4/c1-11-6-2-5-9-14(11)19-17(23)20-15(21)10-24-16(22)12-7-3-4-8-13(12)18/h3-4,7-8,11,14H,2,5-6,9-10H2,1H3,(H2,19,20,21,23)/t11-,14-/m1/s1. The number of amides is 3. The summed E-state index contributed by atoms with van der Waals surface area (Å²) in [7, 11) is 0. The Balaban J connectivity index is 1.75. The third-order valence-corrected chi connectivity index (χ3v) is 4.80. The molecular weight excluding hydrogens is 376 g/mol. The van der Waals surface area contributed by atoms with E-state index < -0.39 is 24.5 Å². The first kappa shape index (κ1) is 18.4. The van der Waals surface area contributed by atoms with Gasteiger partial charge in [0.05, 0.1) is 5.56 Å². The van der Waals surface area contributed by atoms with E-state index in [1.165, 1.54) is 6.42 Å². The Labute approximate surface area is 149 Å². The van der Waals surface area contributed by atoms with Gasteiger partial charge >= 0.3 is 12.0 Å². The first-order valence-electron chi connectivity index (χ1n) is 7.99. The minimum atomic E-state index is -0.656. The SMILES string of the molecule is C[C@@H]1CCCC[C@H]1NC(=O)NC(=O)COC(=O)c1ccccc1Br. The predicted molar refractivity (Wildman–Crippen MR) is 92.5 cm³/mol. The van der Waals surface area contributed by atoms with Crippen molar-refractivity contribution in [1.82, 2.24) is 10.6 Å². The molecule has 0 unspecified atom stereocenters. The number of hydrogen-bond donors (Lipinski definition) is 2. The van der Waals surface area contributed by atoms with E-state index in [0.717, 1.165) is 19.3 Å². The van der Waals surface area contributed by atoms with Gasteiger partial charge in [-0.05, 0) is 46.8 Å². The molecule has 0 bridgehead atoms. The molecule has 0 aromatic heterocycles. The summed E-state index contributed by atoms with van der Waals surface area (Å²) in [6.45, 7) is 1.58. The average Bonchev–Trinajstić information content (AvgIpc) is 2.55. The van der Waals surface area contributed by atoms with Crippen molar-refractivity contribution in [1.29, 1.82) is 0 Å². The normalized spacial score (nSPS) is 20.1. The number of halogens is 1. The highest BCUT2D eigenvalue weighted by atomic mass is 79.9. The third kappa shape index (κ3) is 5.33. The number of benzene rings is 1. The van der Waals surface area contributed by atoms with Crippen LogP contribution in [0.1, 0.15) is 43.0 Å². The van der Waals surface area contributed by atoms with Gasteiger partial charge in [0.2, 0.25) is 0 Å². The molecular formula is C17H21BrN2O4. The molecule has 2 atom stereocenters. The number of carbonyl (C=O) groups is 3. The van der Waals surface area contributed by atoms with E-state index in [2.05, 4.69) is 33.5 Å². The predicted octanol–water partition coefficient (Wildman–Crippen LogP) is 3.01. The van der Waals surface area contributed by atoms with Gasteiger partial charge in [-0.2, -0.15) is 0 Å². The maximum atomic E-state index is 11.9. The summed E-state index contributed by atoms with van der Waals surface area (Å²) in [6, 6.07) is 6.28. The molecule has 1 aromatic rings. The van der Waals surface area contributed by atoms with E-state index >= 15 is 0 Å². The molecule has 1 aliphatic carbocycles. The summed E-state index contributed by atoms with van der Waals surface area (Å²) >= 11 is 3.24. The maximum absolute atomic E-state index is 11.9. The molecule has 1 aromatic carbocycles. The van der Waals surface area contributed by atoms with Crippen LogP contribution in [0.25, 0.3) is 0 Å². The number of hydrogen-bond acceptors (Lipinski definition) is 4. The number of urea groups is 1. The molecule has 0 spiro atoms. The highest BCUT2D eigenvalue weighted by molar-refractivity contribution is 9.10. The minimum Gasteiger partial charge on any atom is -0.452 e. The summed E-state index contributed by atoms with van der Waals surface area (Å²) in [5.41, 5.74) is 0.325. The second kappa shape index (κ2) is 8.82. The molecule has 0 saturated heterocycles. The first-order chi connectivity index (χ1) is 11.5. The fourth-order valence-electron chi connectivity index (χ4n) is 2.73. The molecule has 1 saturated carbocycles. The smallest absolute Gasteiger partial charge is 0.339 e. The van der Waals surface area contributed by atoms with E-state index in [-0.39, 0.29) is 6.04 Å². The second-order valence-corrected chi connectivity index (χ2v) is 6.80. The Morgan fingerprint density at radius 2 is 1.92 bits per heavy atom. The van der Waals surface area contributed by atoms with Crippen molar-refractivity contribution in [3.05, 3.63) is 34.3 Å². The van der Waals surface area contributed by atoms with Crippen molar-refractivity contribution in [3.63, 3.8) is 0 Å². The maximum Gasteiger partial charge on any atom is 0.339 e. The quantitative estimate of drug-likeness (QED) is 0.765. The van der Waals surface area contributed by atoms with Gasteiger partial charge in [0.25, 0.3) is 5.91 Å². The summed E-state index contributed by atoms with van der Waals surface area (Å²) in [4.78, 5) is 35.5. The van der Waals surface area contributed by atoms with E-state index in [1.54, 1.807) is 24.3 Å². The first-order valence-corrected chi connectivity index (χ1v) is 8.78. The molecule has 24 heavy (non-hydrogen) atoms. The zero-order valence-electron chi connectivity index (χ0n) is 13.5. The molecule has 1 fully saturated rings. The largest absolute Gasteiger partial charge is 0.452 e. The van der Waals surface area contributed by atoms with Gasteiger partial charge in [0, 0.05) is 10.5 Å². The van der Waals surface area contributed by atoms with Gasteiger partial charge < -0.3 is 10.1 Å². The molecule has 0 radical (unpaired) electrons. The van der Waals surface area contributed by atoms with Crippen LogP contribution in [-0.4, -0.2) is 30.6 Å². The molecule has 2 rings (SSSR count). The van der Waals surface area contributed by atoms with Crippen molar-refractivity contribution < 1.29 is 19.1 Å². The van der Waals surface area contributed by atoms with Gasteiger partial charge in [0.1, 0.15) is 0 Å². The number of rotatable bonds is 4. The summed E-state index contributed by atoms with van der Waals surface area (Å²) in [5.74, 6) is -0.886. The zero-order valence-corrected chi connectivity index (χ0v) is 15.1. The van der Waals surface area contributed by atoms with Crippen molar-refractivity contribution in [2.75, 3.05) is 6.61 Å². The van der Waals surface area contributed by atoms with Gasteiger partial charge in [-0.3, -0.25) is 10.1 Å². The summed E-state index contributed by atoms with van der Waals surface area (Å²) in [5, 5.41) is 5.00. The molecule has 2 N–H and O–H groups in total. The Bertz CT molecular complexity index is 620. The third-order valence-electron chi connectivity index (χ3n) is 4.11. The van der Waals surface area contributed by atoms with Crippen molar-refractivity contribution >= 4 is 33.8 Å². The van der Waals surface area contributed by atoms with Crippen LogP contribution in [-0.2, 0) is 9.53 Å². The van der Waals surface area contributed by atoms with Crippen LogP contribution >= 0.6 is 15.9 Å². The molecule has 6 nitrogen and oxygen atoms in total. The van der Waals surface area contributed by atoms with E-state index in [4.69, 9.17) is 4.74 Å². The Morgan fingerprint density at radius 3 is 2.62 bits per heavy atom. The highest BCUT2D eigenvalue weighted by Gasteiger charge is 2.23. The molecule has 0 heterocycles. The number of ether oxygens (including phenoxy) is 1. The van der Waals surface area contributed by atoms with Crippen molar-refractivity contribution in [2.24, 2.45) is 5.92 Å². The Hall–Kier alpha value is -1.89. The van der Waals surface area contributed by atoms with Crippen LogP contribution in [0.3, 0.4) is 0 Å². The van der Waals surface area contributed by atoms with Crippen LogP contribution in [0.4, 0.5) is 4.79 Å². The van der Waals surface area contributed by atoms with Crippen LogP contribution in [0.5, 0.6) is 0 Å². The van der Waals surface area contributed by atoms with E-state index in [1.807, 2.05) is 0 Å². The molecule has 0 aliphatic heterocycles. The van der Waals surface area contributed by atoms with Gasteiger partial charge in [-0.25, -0.2) is 9.59 Å². The average molecular weight is 397 g/mol. The minimum absolute atomic E-state index is 0.0781. The lowest BCUT2D eigenvalue weighted by molar-refractivity contribution is -0.123. The van der Waals surface area contributed by atoms with Crippen LogP contribution < -0.4 is 10.6 Å². The van der Waals surface area contributed by atoms with Crippen LogP contribution in [0.15, 0.2) is 28.7 Å². The van der Waals surface area contributed by atoms with Crippen molar-refractivity contribution in [2.45, 2.75) is 38.6 Å². The second-order valence-electron chi connectivity index (χ2n) is 5.95. The summed E-state index contributed by atoms with van der Waals surface area (Å²) in [6.07, 6.45) is 4.24. The fourth-order valence-corrected chi connectivity index (χ4v) is 3.18. The monoisotopic (exact) mass is 396 g/mol. The van der Waals surface area contributed by atoms with E-state index in [9.17, 15) is 14.4 Å². The molecule has 7 heteroatoms. The van der Waals surface area contributed by atoms with Gasteiger partial charge in [-0.15, -0.1) is 0 Å². The fraction of sp³-hybridized carbons (Fsp3) is 0.471. The molecule has 1 aliphatic rings. The molecule has 130 valence electrons.